The van der Waals surface area contributed by atoms with E-state index in [9.17, 15) is 4.79 Å². The molecule has 0 bridgehead atoms. The van der Waals surface area contributed by atoms with Crippen LogP contribution in [0.2, 0.25) is 9.36 Å². The molecule has 2 aromatic heterocycles. The van der Waals surface area contributed by atoms with Crippen LogP contribution in [0.25, 0.3) is 0 Å². The van der Waals surface area contributed by atoms with Crippen molar-refractivity contribution in [2.75, 3.05) is 12.4 Å². The predicted molar refractivity (Wildman–Crippen MR) is 79.3 cm³/mol. The highest BCUT2D eigenvalue weighted by Crippen LogP contribution is 2.22. The van der Waals surface area contributed by atoms with Gasteiger partial charge in [-0.15, -0.1) is 11.3 Å². The monoisotopic (exact) mass is 315 g/mol. The summed E-state index contributed by atoms with van der Waals surface area (Å²) in [5.41, 5.74) is 0.423. The number of anilines is 1. The SMILES string of the molecule is CNc1ncc(C(=O)NCc2ccc(Cl)s2)cc1Cl. The minimum absolute atomic E-state index is 0.221. The normalized spacial score (nSPS) is 10.3. The van der Waals surface area contributed by atoms with Crippen LogP contribution >= 0.6 is 34.5 Å². The average molecular weight is 316 g/mol. The average Bonchev–Trinajstić information content (AvgIpc) is 2.81. The topological polar surface area (TPSA) is 54.0 Å². The van der Waals surface area contributed by atoms with Gasteiger partial charge in [0.1, 0.15) is 5.82 Å². The van der Waals surface area contributed by atoms with E-state index >= 15 is 0 Å². The highest BCUT2D eigenvalue weighted by molar-refractivity contribution is 7.16. The smallest absolute Gasteiger partial charge is 0.253 e. The lowest BCUT2D eigenvalue weighted by Gasteiger charge is -2.06. The van der Waals surface area contributed by atoms with Gasteiger partial charge < -0.3 is 10.6 Å². The minimum atomic E-state index is -0.221. The second-order valence-corrected chi connectivity index (χ2v) is 5.90. The van der Waals surface area contributed by atoms with Gasteiger partial charge in [0.05, 0.1) is 21.5 Å². The van der Waals surface area contributed by atoms with Gasteiger partial charge in [0.2, 0.25) is 0 Å². The van der Waals surface area contributed by atoms with Crippen LogP contribution < -0.4 is 10.6 Å². The van der Waals surface area contributed by atoms with Crippen LogP contribution in [0.5, 0.6) is 0 Å². The summed E-state index contributed by atoms with van der Waals surface area (Å²) in [6.45, 7) is 0.432. The molecule has 0 aliphatic rings. The zero-order valence-electron chi connectivity index (χ0n) is 10.0. The highest BCUT2D eigenvalue weighted by Gasteiger charge is 2.09. The lowest BCUT2D eigenvalue weighted by Crippen LogP contribution is -2.22. The number of amides is 1. The number of nitrogens with zero attached hydrogens (tertiary/aromatic N) is 1. The van der Waals surface area contributed by atoms with Crippen LogP contribution in [-0.2, 0) is 6.54 Å². The van der Waals surface area contributed by atoms with Crippen LogP contribution in [0.3, 0.4) is 0 Å². The number of carbonyl (C=O) groups is 1. The molecule has 0 spiro atoms. The Bertz CT molecular complexity index is 600. The fourth-order valence-corrected chi connectivity index (χ4v) is 2.75. The maximum absolute atomic E-state index is 11.9. The lowest BCUT2D eigenvalue weighted by atomic mass is 10.2. The standard InChI is InChI=1S/C12H11Cl2N3OS/c1-15-11-9(13)4-7(5-16-11)12(18)17-6-8-2-3-10(14)19-8/h2-5H,6H2,1H3,(H,15,16)(H,17,18). The first-order valence-electron chi connectivity index (χ1n) is 5.46. The molecule has 0 saturated heterocycles. The van der Waals surface area contributed by atoms with Crippen LogP contribution in [0.1, 0.15) is 15.2 Å². The molecule has 0 atom stereocenters. The Kier molecular flexibility index (Phi) is 4.63. The van der Waals surface area contributed by atoms with Gasteiger partial charge in [-0.1, -0.05) is 23.2 Å². The summed E-state index contributed by atoms with van der Waals surface area (Å²) >= 11 is 13.2. The first kappa shape index (κ1) is 14.1. The molecule has 0 aliphatic carbocycles. The van der Waals surface area contributed by atoms with E-state index in [4.69, 9.17) is 23.2 Å². The third-order valence-corrected chi connectivity index (χ3v) is 3.91. The van der Waals surface area contributed by atoms with Gasteiger partial charge in [0, 0.05) is 18.1 Å². The number of aromatic nitrogens is 1. The minimum Gasteiger partial charge on any atom is -0.372 e. The van der Waals surface area contributed by atoms with E-state index < -0.39 is 0 Å². The summed E-state index contributed by atoms with van der Waals surface area (Å²) in [4.78, 5) is 17.0. The van der Waals surface area contributed by atoms with E-state index in [1.165, 1.54) is 17.5 Å². The number of hydrogen-bond acceptors (Lipinski definition) is 4. The Morgan fingerprint density at radius 3 is 2.79 bits per heavy atom. The quantitative estimate of drug-likeness (QED) is 0.909. The van der Waals surface area contributed by atoms with Crippen LogP contribution in [-0.4, -0.2) is 17.9 Å². The maximum atomic E-state index is 11.9. The van der Waals surface area contributed by atoms with Gasteiger partial charge in [0.25, 0.3) is 5.91 Å². The van der Waals surface area contributed by atoms with Crippen molar-refractivity contribution < 1.29 is 4.79 Å². The molecule has 0 fully saturated rings. The number of rotatable bonds is 4. The van der Waals surface area contributed by atoms with Gasteiger partial charge in [-0.3, -0.25) is 4.79 Å². The zero-order chi connectivity index (χ0) is 13.8. The van der Waals surface area contributed by atoms with Gasteiger partial charge in [0.15, 0.2) is 0 Å². The predicted octanol–water partition coefficient (Wildman–Crippen LogP) is 3.42. The third-order valence-electron chi connectivity index (χ3n) is 2.39. The number of hydrogen-bond donors (Lipinski definition) is 2. The molecule has 1 amide bonds. The molecule has 100 valence electrons. The molecule has 7 heteroatoms. The first-order valence-corrected chi connectivity index (χ1v) is 7.03. The highest BCUT2D eigenvalue weighted by atomic mass is 35.5. The number of carbonyl (C=O) groups excluding carboxylic acids is 1. The van der Waals surface area contributed by atoms with Crippen LogP contribution in [0.15, 0.2) is 24.4 Å². The number of nitrogens with one attached hydrogen (secondary N) is 2. The van der Waals surface area contributed by atoms with Gasteiger partial charge in [-0.05, 0) is 18.2 Å². The fraction of sp³-hybridized carbons (Fsp3) is 0.167. The molecule has 4 nitrogen and oxygen atoms in total. The van der Waals surface area contributed by atoms with Crippen molar-refractivity contribution in [3.63, 3.8) is 0 Å². The Labute approximate surface area is 124 Å². The lowest BCUT2D eigenvalue weighted by molar-refractivity contribution is 0.0951. The van der Waals surface area contributed by atoms with Crippen molar-refractivity contribution in [2.45, 2.75) is 6.54 Å². The van der Waals surface area contributed by atoms with E-state index in [-0.39, 0.29) is 5.91 Å². The van der Waals surface area contributed by atoms with Crippen molar-refractivity contribution in [3.05, 3.63) is 44.2 Å². The first-order chi connectivity index (χ1) is 9.10. The second kappa shape index (κ2) is 6.23. The van der Waals surface area contributed by atoms with E-state index in [1.54, 1.807) is 19.2 Å². The maximum Gasteiger partial charge on any atom is 0.253 e. The largest absolute Gasteiger partial charge is 0.372 e. The van der Waals surface area contributed by atoms with Gasteiger partial charge in [-0.2, -0.15) is 0 Å². The molecule has 0 saturated carbocycles. The van der Waals surface area contributed by atoms with Crippen molar-refractivity contribution in [1.29, 1.82) is 0 Å². The zero-order valence-corrected chi connectivity index (χ0v) is 12.4. The Morgan fingerprint density at radius 1 is 1.42 bits per heavy atom. The van der Waals surface area contributed by atoms with E-state index in [1.807, 2.05) is 6.07 Å². The van der Waals surface area contributed by atoms with E-state index in [0.717, 1.165) is 4.88 Å². The molecule has 19 heavy (non-hydrogen) atoms. The number of halogens is 2. The molecular weight excluding hydrogens is 305 g/mol. The van der Waals surface area contributed by atoms with E-state index in [0.29, 0.717) is 27.3 Å². The van der Waals surface area contributed by atoms with E-state index in [2.05, 4.69) is 15.6 Å². The van der Waals surface area contributed by atoms with Crippen molar-refractivity contribution in [2.24, 2.45) is 0 Å². The second-order valence-electron chi connectivity index (χ2n) is 3.69. The molecule has 2 N–H and O–H groups in total. The summed E-state index contributed by atoms with van der Waals surface area (Å²) in [5.74, 6) is 0.324. The summed E-state index contributed by atoms with van der Waals surface area (Å²) in [7, 11) is 1.72. The third kappa shape index (κ3) is 3.59. The molecule has 0 unspecified atom stereocenters. The molecule has 2 heterocycles. The molecule has 2 aromatic rings. The molecule has 0 aromatic carbocycles. The van der Waals surface area contributed by atoms with Crippen molar-refractivity contribution in [3.8, 4) is 0 Å². The molecular formula is C12H11Cl2N3OS. The summed E-state index contributed by atoms with van der Waals surface area (Å²) in [5, 5.41) is 6.03. The van der Waals surface area contributed by atoms with Gasteiger partial charge in [-0.25, -0.2) is 4.98 Å². The fourth-order valence-electron chi connectivity index (χ4n) is 1.46. The Balaban J connectivity index is 2.01. The summed E-state index contributed by atoms with van der Waals surface area (Å²) in [6, 6.07) is 5.26. The van der Waals surface area contributed by atoms with Gasteiger partial charge >= 0.3 is 0 Å². The number of thiophene rings is 1. The molecule has 2 rings (SSSR count). The van der Waals surface area contributed by atoms with Crippen molar-refractivity contribution in [1.82, 2.24) is 10.3 Å². The van der Waals surface area contributed by atoms with Crippen LogP contribution in [0.4, 0.5) is 5.82 Å². The summed E-state index contributed by atoms with van der Waals surface area (Å²) in [6.07, 6.45) is 1.48. The molecule has 0 aliphatic heterocycles. The van der Waals surface area contributed by atoms with Crippen LogP contribution in [0, 0.1) is 0 Å². The van der Waals surface area contributed by atoms with Crippen molar-refractivity contribution >= 4 is 46.3 Å². The Hall–Kier alpha value is -1.30. The number of pyridine rings is 1. The molecule has 0 radical (unpaired) electrons. The Morgan fingerprint density at radius 2 is 2.21 bits per heavy atom. The summed E-state index contributed by atoms with van der Waals surface area (Å²) < 4.78 is 0.701.